The van der Waals surface area contributed by atoms with Crippen LogP contribution in [0.1, 0.15) is 12.5 Å². The van der Waals surface area contributed by atoms with Gasteiger partial charge in [-0.2, -0.15) is 4.98 Å². The van der Waals surface area contributed by atoms with Gasteiger partial charge in [0.2, 0.25) is 5.65 Å². The first-order valence-electron chi connectivity index (χ1n) is 6.51. The molecule has 2 heterocycles. The number of imidazole rings is 1. The summed E-state index contributed by atoms with van der Waals surface area (Å²) in [6, 6.07) is 7.73. The molecular weight excluding hydrogens is 266 g/mol. The Morgan fingerprint density at radius 3 is 3.00 bits per heavy atom. The number of ether oxygens (including phenoxy) is 1. The summed E-state index contributed by atoms with van der Waals surface area (Å²) in [5.41, 5.74) is 4.12. The zero-order valence-corrected chi connectivity index (χ0v) is 11.5. The van der Waals surface area contributed by atoms with E-state index in [2.05, 4.69) is 15.4 Å². The Morgan fingerprint density at radius 2 is 2.19 bits per heavy atom. The second-order valence-corrected chi connectivity index (χ2v) is 4.37. The highest BCUT2D eigenvalue weighted by molar-refractivity contribution is 5.60. The van der Waals surface area contributed by atoms with Gasteiger partial charge in [-0.25, -0.2) is 10.8 Å². The van der Waals surface area contributed by atoms with Gasteiger partial charge in [-0.15, -0.1) is 0 Å². The highest BCUT2D eigenvalue weighted by atomic mass is 16.5. The van der Waals surface area contributed by atoms with Gasteiger partial charge in [0.1, 0.15) is 5.75 Å². The van der Waals surface area contributed by atoms with Crippen LogP contribution >= 0.6 is 0 Å². The number of nitrogens with one attached hydrogen (secondary N) is 1. The number of hydrazine groups is 1. The van der Waals surface area contributed by atoms with E-state index in [0.717, 1.165) is 5.56 Å². The van der Waals surface area contributed by atoms with Crippen molar-refractivity contribution >= 4 is 17.5 Å². The first-order chi connectivity index (χ1) is 10.3. The Balaban J connectivity index is 2.07. The second kappa shape index (κ2) is 5.64. The van der Waals surface area contributed by atoms with Crippen LogP contribution in [0.4, 0.5) is 5.82 Å². The number of anilines is 1. The number of fused-ring (bicyclic) bond motifs is 1. The van der Waals surface area contributed by atoms with E-state index in [0.29, 0.717) is 23.1 Å². The van der Waals surface area contributed by atoms with Crippen molar-refractivity contribution in [1.82, 2.24) is 14.4 Å². The summed E-state index contributed by atoms with van der Waals surface area (Å²) < 4.78 is 7.74. The van der Waals surface area contributed by atoms with E-state index in [-0.39, 0.29) is 0 Å². The molecule has 3 aromatic rings. The Hall–Kier alpha value is -2.86. The predicted molar refractivity (Wildman–Crippen MR) is 82.0 cm³/mol. The van der Waals surface area contributed by atoms with Crippen molar-refractivity contribution in [1.29, 1.82) is 0 Å². The third kappa shape index (κ3) is 2.56. The highest BCUT2D eigenvalue weighted by Gasteiger charge is 2.11. The first kappa shape index (κ1) is 13.1. The second-order valence-electron chi connectivity index (χ2n) is 4.37. The molecule has 3 N–H and O–H groups in total. The molecule has 0 saturated carbocycles. The number of allylic oxidation sites excluding steroid dienone is 1. The van der Waals surface area contributed by atoms with Gasteiger partial charge in [0.05, 0.1) is 6.20 Å². The van der Waals surface area contributed by atoms with Gasteiger partial charge in [-0.1, -0.05) is 30.4 Å². The Morgan fingerprint density at radius 1 is 1.33 bits per heavy atom. The molecule has 3 rings (SSSR count). The number of benzene rings is 1. The van der Waals surface area contributed by atoms with Crippen molar-refractivity contribution in [3.05, 3.63) is 54.5 Å². The molecular formula is C15H15N5O. The molecule has 0 amide bonds. The molecule has 6 nitrogen and oxygen atoms in total. The molecule has 21 heavy (non-hydrogen) atoms. The van der Waals surface area contributed by atoms with Gasteiger partial charge in [0.15, 0.2) is 5.82 Å². The number of nitrogen functional groups attached to an aromatic ring is 1. The van der Waals surface area contributed by atoms with Gasteiger partial charge < -0.3 is 10.2 Å². The summed E-state index contributed by atoms with van der Waals surface area (Å²) in [5, 5.41) is 0. The molecule has 0 spiro atoms. The van der Waals surface area contributed by atoms with E-state index in [1.165, 1.54) is 0 Å². The number of hydrogen-bond donors (Lipinski definition) is 2. The van der Waals surface area contributed by atoms with E-state index < -0.39 is 0 Å². The van der Waals surface area contributed by atoms with Crippen LogP contribution in [0.3, 0.4) is 0 Å². The molecule has 0 bridgehead atoms. The lowest BCUT2D eigenvalue weighted by molar-refractivity contribution is 0.464. The van der Waals surface area contributed by atoms with Crippen molar-refractivity contribution in [3.8, 4) is 11.6 Å². The maximum absolute atomic E-state index is 5.93. The quantitative estimate of drug-likeness (QED) is 0.568. The number of aromatic nitrogens is 3. The molecule has 0 radical (unpaired) electrons. The average Bonchev–Trinajstić information content (AvgIpc) is 2.98. The van der Waals surface area contributed by atoms with E-state index in [9.17, 15) is 0 Å². The van der Waals surface area contributed by atoms with Crippen molar-refractivity contribution < 1.29 is 4.74 Å². The Kier molecular flexibility index (Phi) is 3.53. The third-order valence-corrected chi connectivity index (χ3v) is 2.96. The molecule has 0 fully saturated rings. The van der Waals surface area contributed by atoms with Crippen LogP contribution in [0.15, 0.2) is 48.9 Å². The topological polar surface area (TPSA) is 77.5 Å². The summed E-state index contributed by atoms with van der Waals surface area (Å²) in [4.78, 5) is 8.58. The molecule has 0 aliphatic carbocycles. The van der Waals surface area contributed by atoms with E-state index >= 15 is 0 Å². The molecule has 0 aliphatic heterocycles. The summed E-state index contributed by atoms with van der Waals surface area (Å²) >= 11 is 0. The molecule has 0 aliphatic rings. The Bertz CT molecular complexity index is 794. The van der Waals surface area contributed by atoms with Crippen molar-refractivity contribution in [2.45, 2.75) is 6.92 Å². The van der Waals surface area contributed by atoms with Crippen LogP contribution in [-0.2, 0) is 0 Å². The molecule has 6 heteroatoms. The maximum atomic E-state index is 5.93. The van der Waals surface area contributed by atoms with Crippen LogP contribution in [0.2, 0.25) is 0 Å². The van der Waals surface area contributed by atoms with Crippen LogP contribution in [0, 0.1) is 0 Å². The van der Waals surface area contributed by atoms with Crippen molar-refractivity contribution in [2.75, 3.05) is 5.43 Å². The maximum Gasteiger partial charge on any atom is 0.265 e. The van der Waals surface area contributed by atoms with Gasteiger partial charge in [-0.05, 0) is 13.0 Å². The fourth-order valence-corrected chi connectivity index (χ4v) is 2.04. The zero-order chi connectivity index (χ0) is 14.7. The largest absolute Gasteiger partial charge is 0.435 e. The summed E-state index contributed by atoms with van der Waals surface area (Å²) in [6.45, 7) is 1.96. The standard InChI is InChI=1S/C15H15N5O/c1-2-5-11-6-3-4-7-12(11)21-15-14-17-8-9-20(14)10-13(18-15)19-16/h2-10,19H,16H2,1H3/b5-2+. The predicted octanol–water partition coefficient (Wildman–Crippen LogP) is 2.84. The minimum Gasteiger partial charge on any atom is -0.435 e. The monoisotopic (exact) mass is 281 g/mol. The molecule has 0 unspecified atom stereocenters. The fraction of sp³-hybridized carbons (Fsp3) is 0.0667. The summed E-state index contributed by atoms with van der Waals surface area (Å²) in [6.07, 6.45) is 9.17. The van der Waals surface area contributed by atoms with Crippen LogP contribution < -0.4 is 16.0 Å². The van der Waals surface area contributed by atoms with Gasteiger partial charge in [0, 0.05) is 18.0 Å². The molecule has 1 aromatic carbocycles. The third-order valence-electron chi connectivity index (χ3n) is 2.96. The first-order valence-corrected chi connectivity index (χ1v) is 6.51. The van der Waals surface area contributed by atoms with Gasteiger partial charge in [-0.3, -0.25) is 4.40 Å². The molecule has 2 aromatic heterocycles. The van der Waals surface area contributed by atoms with Crippen LogP contribution in [-0.4, -0.2) is 14.4 Å². The number of hydrogen-bond acceptors (Lipinski definition) is 5. The molecule has 106 valence electrons. The Labute approximate surface area is 121 Å². The average molecular weight is 281 g/mol. The minimum atomic E-state index is 0.396. The SMILES string of the molecule is C/C=C/c1ccccc1Oc1nc(NN)cn2ccnc12. The van der Waals surface area contributed by atoms with Gasteiger partial charge in [0.25, 0.3) is 5.88 Å². The number of rotatable bonds is 4. The number of para-hydroxylation sites is 1. The van der Waals surface area contributed by atoms with Crippen molar-refractivity contribution in [3.63, 3.8) is 0 Å². The van der Waals surface area contributed by atoms with Crippen LogP contribution in [0.25, 0.3) is 11.7 Å². The molecule has 0 saturated heterocycles. The van der Waals surface area contributed by atoms with Crippen molar-refractivity contribution in [2.24, 2.45) is 5.84 Å². The zero-order valence-electron chi connectivity index (χ0n) is 11.5. The van der Waals surface area contributed by atoms with Gasteiger partial charge >= 0.3 is 0 Å². The summed E-state index contributed by atoms with van der Waals surface area (Å²) in [7, 11) is 0. The number of nitrogens with zero attached hydrogens (tertiary/aromatic N) is 3. The van der Waals surface area contributed by atoms with E-state index in [1.54, 1.807) is 16.8 Å². The lowest BCUT2D eigenvalue weighted by Crippen LogP contribution is -2.10. The fourth-order valence-electron chi connectivity index (χ4n) is 2.04. The highest BCUT2D eigenvalue weighted by Crippen LogP contribution is 2.28. The minimum absolute atomic E-state index is 0.396. The number of nitrogens with two attached hydrogens (primary N) is 1. The lowest BCUT2D eigenvalue weighted by Gasteiger charge is -2.10. The normalized spacial score (nSPS) is 11.1. The molecule has 0 atom stereocenters. The van der Waals surface area contributed by atoms with E-state index in [4.69, 9.17) is 10.6 Å². The summed E-state index contributed by atoms with van der Waals surface area (Å²) in [5.74, 6) is 7.04. The van der Waals surface area contributed by atoms with E-state index in [1.807, 2.05) is 49.5 Å². The lowest BCUT2D eigenvalue weighted by atomic mass is 10.2. The smallest absolute Gasteiger partial charge is 0.265 e. The van der Waals surface area contributed by atoms with Crippen LogP contribution in [0.5, 0.6) is 11.6 Å².